The molecule has 4 nitrogen and oxygen atoms in total. The van der Waals surface area contributed by atoms with Crippen molar-refractivity contribution in [3.63, 3.8) is 0 Å². The molecule has 1 fully saturated rings. The van der Waals surface area contributed by atoms with E-state index in [9.17, 15) is 0 Å². The average molecular weight is 235 g/mol. The Morgan fingerprint density at radius 2 is 2.12 bits per heavy atom. The van der Waals surface area contributed by atoms with Gasteiger partial charge in [-0.3, -0.25) is 4.90 Å². The van der Waals surface area contributed by atoms with E-state index in [1.165, 1.54) is 5.69 Å². The molecule has 0 radical (unpaired) electrons. The second-order valence-electron chi connectivity index (χ2n) is 4.47. The van der Waals surface area contributed by atoms with E-state index < -0.39 is 0 Å². The van der Waals surface area contributed by atoms with E-state index in [4.69, 9.17) is 10.5 Å². The van der Waals surface area contributed by atoms with E-state index in [0.717, 1.165) is 45.1 Å². The molecular formula is C13H21N3O. The van der Waals surface area contributed by atoms with E-state index in [-0.39, 0.29) is 0 Å². The van der Waals surface area contributed by atoms with Gasteiger partial charge >= 0.3 is 0 Å². The largest absolute Gasteiger partial charge is 0.399 e. The lowest BCUT2D eigenvalue weighted by molar-refractivity contribution is 0.0393. The highest BCUT2D eigenvalue weighted by atomic mass is 16.5. The SMILES string of the molecule is CN(CCN1CCOCC1)c1cccc(N)c1. The summed E-state index contributed by atoms with van der Waals surface area (Å²) in [4.78, 5) is 4.68. The molecule has 0 amide bonds. The van der Waals surface area contributed by atoms with Crippen LogP contribution >= 0.6 is 0 Å². The number of anilines is 2. The number of nitrogens with two attached hydrogens (primary N) is 1. The van der Waals surface area contributed by atoms with Crippen molar-refractivity contribution in [1.82, 2.24) is 4.90 Å². The molecule has 17 heavy (non-hydrogen) atoms. The van der Waals surface area contributed by atoms with Crippen LogP contribution in [0.15, 0.2) is 24.3 Å². The lowest BCUT2D eigenvalue weighted by Gasteiger charge is -2.29. The molecule has 0 atom stereocenters. The molecule has 0 saturated carbocycles. The zero-order chi connectivity index (χ0) is 12.1. The van der Waals surface area contributed by atoms with Gasteiger partial charge in [-0.15, -0.1) is 0 Å². The molecule has 2 N–H and O–H groups in total. The standard InChI is InChI=1S/C13H21N3O/c1-15(13-4-2-3-12(14)11-13)5-6-16-7-9-17-10-8-16/h2-4,11H,5-10,14H2,1H3. The number of benzene rings is 1. The fraction of sp³-hybridized carbons (Fsp3) is 0.538. The van der Waals surface area contributed by atoms with E-state index in [1.54, 1.807) is 0 Å². The number of rotatable bonds is 4. The quantitative estimate of drug-likeness (QED) is 0.792. The highest BCUT2D eigenvalue weighted by Gasteiger charge is 2.10. The van der Waals surface area contributed by atoms with Gasteiger partial charge < -0.3 is 15.4 Å². The molecule has 1 saturated heterocycles. The average Bonchev–Trinajstić information content (AvgIpc) is 2.37. The Balaban J connectivity index is 1.82. The Morgan fingerprint density at radius 3 is 2.82 bits per heavy atom. The number of morpholine rings is 1. The van der Waals surface area contributed by atoms with Gasteiger partial charge in [-0.25, -0.2) is 0 Å². The molecule has 1 aliphatic rings. The normalized spacial score (nSPS) is 17.0. The molecule has 1 aromatic carbocycles. The first-order valence-electron chi connectivity index (χ1n) is 6.12. The van der Waals surface area contributed by atoms with Crippen molar-refractivity contribution in [2.45, 2.75) is 0 Å². The maximum absolute atomic E-state index is 5.78. The third-order valence-electron chi connectivity index (χ3n) is 3.17. The van der Waals surface area contributed by atoms with Crippen molar-refractivity contribution >= 4 is 11.4 Å². The molecule has 94 valence electrons. The lowest BCUT2D eigenvalue weighted by Crippen LogP contribution is -2.40. The Morgan fingerprint density at radius 1 is 1.35 bits per heavy atom. The van der Waals surface area contributed by atoms with Gasteiger partial charge in [0.25, 0.3) is 0 Å². The highest BCUT2D eigenvalue weighted by Crippen LogP contribution is 2.15. The molecule has 0 spiro atoms. The molecular weight excluding hydrogens is 214 g/mol. The van der Waals surface area contributed by atoms with Gasteiger partial charge in [-0.2, -0.15) is 0 Å². The van der Waals surface area contributed by atoms with Crippen LogP contribution in [0.4, 0.5) is 11.4 Å². The van der Waals surface area contributed by atoms with Crippen LogP contribution in [0.1, 0.15) is 0 Å². The molecule has 2 rings (SSSR count). The lowest BCUT2D eigenvalue weighted by atomic mass is 10.2. The first-order chi connectivity index (χ1) is 8.25. The van der Waals surface area contributed by atoms with Crippen molar-refractivity contribution in [2.24, 2.45) is 0 Å². The van der Waals surface area contributed by atoms with E-state index in [1.807, 2.05) is 18.2 Å². The molecule has 0 aromatic heterocycles. The van der Waals surface area contributed by atoms with Gasteiger partial charge in [0.1, 0.15) is 0 Å². The number of hydrogen-bond acceptors (Lipinski definition) is 4. The maximum atomic E-state index is 5.78. The van der Waals surface area contributed by atoms with Gasteiger partial charge in [-0.05, 0) is 18.2 Å². The van der Waals surface area contributed by atoms with E-state index in [0.29, 0.717) is 0 Å². The zero-order valence-corrected chi connectivity index (χ0v) is 10.4. The van der Waals surface area contributed by atoms with Crippen LogP contribution in [0.2, 0.25) is 0 Å². The van der Waals surface area contributed by atoms with Crippen LogP contribution in [-0.4, -0.2) is 51.3 Å². The van der Waals surface area contributed by atoms with Gasteiger partial charge in [-0.1, -0.05) is 6.07 Å². The smallest absolute Gasteiger partial charge is 0.0594 e. The maximum Gasteiger partial charge on any atom is 0.0594 e. The van der Waals surface area contributed by atoms with Crippen molar-refractivity contribution in [3.8, 4) is 0 Å². The Hall–Kier alpha value is -1.26. The Bertz CT molecular complexity index is 350. The van der Waals surface area contributed by atoms with Crippen LogP contribution in [0.3, 0.4) is 0 Å². The van der Waals surface area contributed by atoms with Crippen molar-refractivity contribution in [1.29, 1.82) is 0 Å². The number of nitrogens with zero attached hydrogens (tertiary/aromatic N) is 2. The second-order valence-corrected chi connectivity index (χ2v) is 4.47. The summed E-state index contributed by atoms with van der Waals surface area (Å²) in [7, 11) is 2.11. The van der Waals surface area contributed by atoms with E-state index >= 15 is 0 Å². The van der Waals surface area contributed by atoms with Gasteiger partial charge in [0.15, 0.2) is 0 Å². The zero-order valence-electron chi connectivity index (χ0n) is 10.4. The van der Waals surface area contributed by atoms with Gasteiger partial charge in [0, 0.05) is 44.6 Å². The van der Waals surface area contributed by atoms with E-state index in [2.05, 4.69) is 22.9 Å². The minimum atomic E-state index is 0.820. The minimum absolute atomic E-state index is 0.820. The van der Waals surface area contributed by atoms with Crippen molar-refractivity contribution in [3.05, 3.63) is 24.3 Å². The fourth-order valence-corrected chi connectivity index (χ4v) is 2.01. The monoisotopic (exact) mass is 235 g/mol. The first-order valence-corrected chi connectivity index (χ1v) is 6.12. The third kappa shape index (κ3) is 3.61. The third-order valence-corrected chi connectivity index (χ3v) is 3.17. The number of likely N-dealkylation sites (N-methyl/N-ethyl adjacent to an activating group) is 1. The number of ether oxygens (including phenoxy) is 1. The summed E-state index contributed by atoms with van der Waals surface area (Å²) in [5.74, 6) is 0. The number of hydrogen-bond donors (Lipinski definition) is 1. The van der Waals surface area contributed by atoms with Crippen LogP contribution in [0, 0.1) is 0 Å². The van der Waals surface area contributed by atoms with Crippen LogP contribution in [-0.2, 0) is 4.74 Å². The summed E-state index contributed by atoms with van der Waals surface area (Å²) in [6.45, 7) is 5.91. The van der Waals surface area contributed by atoms with Crippen LogP contribution in [0.5, 0.6) is 0 Å². The Labute approximate surface area is 103 Å². The topological polar surface area (TPSA) is 41.7 Å². The molecule has 1 heterocycles. The predicted molar refractivity (Wildman–Crippen MR) is 71.4 cm³/mol. The first kappa shape index (κ1) is 12.2. The molecule has 1 aliphatic heterocycles. The van der Waals surface area contributed by atoms with Crippen molar-refractivity contribution in [2.75, 3.05) is 57.1 Å². The highest BCUT2D eigenvalue weighted by molar-refractivity contribution is 5.55. The summed E-state index contributed by atoms with van der Waals surface area (Å²) < 4.78 is 5.34. The molecule has 0 aliphatic carbocycles. The van der Waals surface area contributed by atoms with Gasteiger partial charge in [0.2, 0.25) is 0 Å². The summed E-state index contributed by atoms with van der Waals surface area (Å²) in [6, 6.07) is 8.02. The van der Waals surface area contributed by atoms with Crippen LogP contribution < -0.4 is 10.6 Å². The fourth-order valence-electron chi connectivity index (χ4n) is 2.01. The molecule has 1 aromatic rings. The minimum Gasteiger partial charge on any atom is -0.399 e. The summed E-state index contributed by atoms with van der Waals surface area (Å²) in [6.07, 6.45) is 0. The molecule has 0 unspecified atom stereocenters. The summed E-state index contributed by atoms with van der Waals surface area (Å²) >= 11 is 0. The van der Waals surface area contributed by atoms with Crippen LogP contribution in [0.25, 0.3) is 0 Å². The second kappa shape index (κ2) is 5.89. The predicted octanol–water partition coefficient (Wildman–Crippen LogP) is 1.04. The Kier molecular flexibility index (Phi) is 4.23. The molecule has 4 heteroatoms. The summed E-state index contributed by atoms with van der Waals surface area (Å²) in [5, 5.41) is 0. The molecule has 0 bridgehead atoms. The summed E-state index contributed by atoms with van der Waals surface area (Å²) in [5.41, 5.74) is 7.78. The van der Waals surface area contributed by atoms with Gasteiger partial charge in [0.05, 0.1) is 13.2 Å². The van der Waals surface area contributed by atoms with Crippen molar-refractivity contribution < 1.29 is 4.74 Å². The number of nitrogen functional groups attached to an aromatic ring is 1.